The standard InChI is InChI=1S/C19H24N2O2S/c1-13-18(24-14(2)20-13)19(22)21-11-5-4-6-16(12-21)15-7-9-17(23-3)10-8-15/h7-10,16H,4-6,11-12H2,1-3H3. The summed E-state index contributed by atoms with van der Waals surface area (Å²) in [5.41, 5.74) is 2.14. The molecule has 0 saturated carbocycles. The summed E-state index contributed by atoms with van der Waals surface area (Å²) >= 11 is 1.51. The predicted octanol–water partition coefficient (Wildman–Crippen LogP) is 4.18. The Balaban J connectivity index is 1.79. The van der Waals surface area contributed by atoms with Crippen LogP contribution in [0.2, 0.25) is 0 Å². The number of ether oxygens (including phenoxy) is 1. The smallest absolute Gasteiger partial charge is 0.265 e. The Morgan fingerprint density at radius 3 is 2.62 bits per heavy atom. The molecule has 1 aliphatic heterocycles. The number of amides is 1. The van der Waals surface area contributed by atoms with Gasteiger partial charge in [-0.3, -0.25) is 4.79 Å². The monoisotopic (exact) mass is 344 g/mol. The van der Waals surface area contributed by atoms with Crippen molar-refractivity contribution in [2.45, 2.75) is 39.0 Å². The number of aryl methyl sites for hydroxylation is 2. The van der Waals surface area contributed by atoms with Gasteiger partial charge in [0.1, 0.15) is 10.6 Å². The number of methoxy groups -OCH3 is 1. The molecular weight excluding hydrogens is 320 g/mol. The number of benzene rings is 1. The summed E-state index contributed by atoms with van der Waals surface area (Å²) in [6, 6.07) is 8.26. The molecule has 1 amide bonds. The molecule has 2 heterocycles. The minimum Gasteiger partial charge on any atom is -0.497 e. The number of carbonyl (C=O) groups excluding carboxylic acids is 1. The van der Waals surface area contributed by atoms with Gasteiger partial charge in [0.15, 0.2) is 0 Å². The van der Waals surface area contributed by atoms with Crippen LogP contribution in [0, 0.1) is 13.8 Å². The Hall–Kier alpha value is -1.88. The fourth-order valence-electron chi connectivity index (χ4n) is 3.35. The molecule has 0 N–H and O–H groups in total. The lowest BCUT2D eigenvalue weighted by atomic mass is 9.94. The lowest BCUT2D eigenvalue weighted by Crippen LogP contribution is -2.34. The van der Waals surface area contributed by atoms with Gasteiger partial charge in [0.05, 0.1) is 17.8 Å². The second kappa shape index (κ2) is 7.34. The van der Waals surface area contributed by atoms with Crippen molar-refractivity contribution in [3.05, 3.63) is 45.4 Å². The van der Waals surface area contributed by atoms with Gasteiger partial charge in [-0.25, -0.2) is 4.98 Å². The van der Waals surface area contributed by atoms with Gasteiger partial charge >= 0.3 is 0 Å². The SMILES string of the molecule is COc1ccc(C2CCCCN(C(=O)c3sc(C)nc3C)C2)cc1. The van der Waals surface area contributed by atoms with Crippen molar-refractivity contribution >= 4 is 17.2 Å². The number of hydrogen-bond acceptors (Lipinski definition) is 4. The number of hydrogen-bond donors (Lipinski definition) is 0. The molecule has 1 aromatic heterocycles. The molecule has 0 radical (unpaired) electrons. The summed E-state index contributed by atoms with van der Waals surface area (Å²) in [7, 11) is 1.68. The minimum absolute atomic E-state index is 0.138. The van der Waals surface area contributed by atoms with Crippen LogP contribution in [-0.4, -0.2) is 36.0 Å². The molecule has 1 unspecified atom stereocenters. The van der Waals surface area contributed by atoms with E-state index in [0.717, 1.165) is 53.7 Å². The Bertz CT molecular complexity index is 709. The molecule has 0 aliphatic carbocycles. The summed E-state index contributed by atoms with van der Waals surface area (Å²) in [4.78, 5) is 20.2. The maximum Gasteiger partial charge on any atom is 0.265 e. The van der Waals surface area contributed by atoms with Gasteiger partial charge in [-0.1, -0.05) is 18.6 Å². The molecule has 1 atom stereocenters. The van der Waals surface area contributed by atoms with Crippen LogP contribution >= 0.6 is 11.3 Å². The number of likely N-dealkylation sites (tertiary alicyclic amines) is 1. The summed E-state index contributed by atoms with van der Waals surface area (Å²) in [6.07, 6.45) is 3.34. The topological polar surface area (TPSA) is 42.4 Å². The molecule has 0 spiro atoms. The highest BCUT2D eigenvalue weighted by Gasteiger charge is 2.26. The Kier molecular flexibility index (Phi) is 5.19. The summed E-state index contributed by atoms with van der Waals surface area (Å²) in [5.74, 6) is 1.39. The van der Waals surface area contributed by atoms with E-state index in [9.17, 15) is 4.79 Å². The van der Waals surface area contributed by atoms with Crippen molar-refractivity contribution in [3.8, 4) is 5.75 Å². The molecule has 3 rings (SSSR count). The van der Waals surface area contributed by atoms with E-state index in [1.54, 1.807) is 7.11 Å². The quantitative estimate of drug-likeness (QED) is 0.839. The Labute approximate surface area is 147 Å². The summed E-state index contributed by atoms with van der Waals surface area (Å²) in [5, 5.41) is 0.956. The van der Waals surface area contributed by atoms with Crippen LogP contribution < -0.4 is 4.74 Å². The summed E-state index contributed by atoms with van der Waals surface area (Å²) < 4.78 is 5.24. The first-order chi connectivity index (χ1) is 11.6. The van der Waals surface area contributed by atoms with Crippen LogP contribution in [0.3, 0.4) is 0 Å². The first-order valence-electron chi connectivity index (χ1n) is 8.45. The first-order valence-corrected chi connectivity index (χ1v) is 9.27. The number of nitrogens with zero attached hydrogens (tertiary/aromatic N) is 2. The normalized spacial score (nSPS) is 18.3. The molecule has 1 aromatic carbocycles. The molecule has 4 nitrogen and oxygen atoms in total. The molecule has 5 heteroatoms. The van der Waals surface area contributed by atoms with E-state index in [-0.39, 0.29) is 5.91 Å². The van der Waals surface area contributed by atoms with Crippen molar-refractivity contribution in [2.24, 2.45) is 0 Å². The second-order valence-corrected chi connectivity index (χ2v) is 7.57. The first kappa shape index (κ1) is 17.0. The van der Waals surface area contributed by atoms with E-state index in [0.29, 0.717) is 5.92 Å². The number of thiazole rings is 1. The number of carbonyl (C=O) groups is 1. The van der Waals surface area contributed by atoms with Gasteiger partial charge in [0, 0.05) is 19.0 Å². The van der Waals surface area contributed by atoms with E-state index < -0.39 is 0 Å². The van der Waals surface area contributed by atoms with Crippen LogP contribution in [0.25, 0.3) is 0 Å². The van der Waals surface area contributed by atoms with Gasteiger partial charge in [-0.15, -0.1) is 11.3 Å². The largest absolute Gasteiger partial charge is 0.497 e. The maximum absolute atomic E-state index is 12.9. The lowest BCUT2D eigenvalue weighted by molar-refractivity contribution is 0.0758. The van der Waals surface area contributed by atoms with Crippen molar-refractivity contribution in [2.75, 3.05) is 20.2 Å². The van der Waals surface area contributed by atoms with E-state index in [1.807, 2.05) is 30.9 Å². The van der Waals surface area contributed by atoms with Crippen LogP contribution in [0.4, 0.5) is 0 Å². The zero-order valence-corrected chi connectivity index (χ0v) is 15.4. The van der Waals surface area contributed by atoms with Crippen LogP contribution in [0.15, 0.2) is 24.3 Å². The highest BCUT2D eigenvalue weighted by Crippen LogP contribution is 2.29. The Morgan fingerprint density at radius 1 is 1.25 bits per heavy atom. The fourth-order valence-corrected chi connectivity index (χ4v) is 4.24. The van der Waals surface area contributed by atoms with Crippen LogP contribution in [0.5, 0.6) is 5.75 Å². The third kappa shape index (κ3) is 3.61. The van der Waals surface area contributed by atoms with E-state index >= 15 is 0 Å². The zero-order chi connectivity index (χ0) is 17.1. The third-order valence-electron chi connectivity index (χ3n) is 4.64. The minimum atomic E-state index is 0.138. The van der Waals surface area contributed by atoms with Crippen LogP contribution in [-0.2, 0) is 0 Å². The highest BCUT2D eigenvalue weighted by atomic mass is 32.1. The average Bonchev–Trinajstić information content (AvgIpc) is 2.79. The van der Waals surface area contributed by atoms with Gasteiger partial charge in [0.2, 0.25) is 0 Å². The molecule has 1 fully saturated rings. The van der Waals surface area contributed by atoms with Crippen molar-refractivity contribution in [1.29, 1.82) is 0 Å². The Morgan fingerprint density at radius 2 is 2.00 bits per heavy atom. The van der Waals surface area contributed by atoms with E-state index in [4.69, 9.17) is 4.74 Å². The van der Waals surface area contributed by atoms with Gasteiger partial charge in [0.25, 0.3) is 5.91 Å². The van der Waals surface area contributed by atoms with Crippen molar-refractivity contribution < 1.29 is 9.53 Å². The van der Waals surface area contributed by atoms with Crippen molar-refractivity contribution in [3.63, 3.8) is 0 Å². The average molecular weight is 344 g/mol. The van der Waals surface area contributed by atoms with Crippen LogP contribution in [0.1, 0.15) is 51.1 Å². The zero-order valence-electron chi connectivity index (χ0n) is 14.5. The van der Waals surface area contributed by atoms with Gasteiger partial charge < -0.3 is 9.64 Å². The van der Waals surface area contributed by atoms with Gasteiger partial charge in [-0.05, 0) is 44.4 Å². The van der Waals surface area contributed by atoms with E-state index in [2.05, 4.69) is 17.1 Å². The molecule has 128 valence electrons. The molecule has 1 aliphatic rings. The lowest BCUT2D eigenvalue weighted by Gasteiger charge is -2.24. The molecule has 2 aromatic rings. The third-order valence-corrected chi connectivity index (χ3v) is 5.70. The van der Waals surface area contributed by atoms with Crippen molar-refractivity contribution in [1.82, 2.24) is 9.88 Å². The number of aromatic nitrogens is 1. The molecule has 1 saturated heterocycles. The van der Waals surface area contributed by atoms with E-state index in [1.165, 1.54) is 16.9 Å². The molecular formula is C19H24N2O2S. The highest BCUT2D eigenvalue weighted by molar-refractivity contribution is 7.13. The number of rotatable bonds is 3. The second-order valence-electron chi connectivity index (χ2n) is 6.36. The maximum atomic E-state index is 12.9. The summed E-state index contributed by atoms with van der Waals surface area (Å²) in [6.45, 7) is 5.50. The fraction of sp³-hybridized carbons (Fsp3) is 0.474. The predicted molar refractivity (Wildman–Crippen MR) is 97.1 cm³/mol. The van der Waals surface area contributed by atoms with Gasteiger partial charge in [-0.2, -0.15) is 0 Å². The molecule has 24 heavy (non-hydrogen) atoms. The molecule has 0 bridgehead atoms.